The standard InChI is InChI=1S/C16H17NO3S/c1-4-20-16(19)13-9-12(15(17-13)21-3)14(18)11-7-5-10(2)6-8-11/h5-9,17H,4H2,1-3H3. The maximum absolute atomic E-state index is 12.5. The van der Waals surface area contributed by atoms with E-state index in [4.69, 9.17) is 4.74 Å². The molecule has 0 saturated carbocycles. The molecule has 4 nitrogen and oxygen atoms in total. The summed E-state index contributed by atoms with van der Waals surface area (Å²) in [5.74, 6) is -0.554. The van der Waals surface area contributed by atoms with Gasteiger partial charge in [0.25, 0.3) is 0 Å². The second-order valence-corrected chi connectivity index (χ2v) is 5.36. The molecule has 21 heavy (non-hydrogen) atoms. The van der Waals surface area contributed by atoms with Crippen molar-refractivity contribution in [2.45, 2.75) is 18.9 Å². The Balaban J connectivity index is 2.36. The van der Waals surface area contributed by atoms with Crippen LogP contribution in [0.15, 0.2) is 35.4 Å². The lowest BCUT2D eigenvalue weighted by atomic mass is 10.0. The van der Waals surface area contributed by atoms with Crippen LogP contribution in [0.1, 0.15) is 38.9 Å². The van der Waals surface area contributed by atoms with Gasteiger partial charge in [0.2, 0.25) is 0 Å². The summed E-state index contributed by atoms with van der Waals surface area (Å²) in [6.07, 6.45) is 1.85. The van der Waals surface area contributed by atoms with E-state index < -0.39 is 5.97 Å². The van der Waals surface area contributed by atoms with E-state index in [9.17, 15) is 9.59 Å². The number of ether oxygens (including phenoxy) is 1. The maximum Gasteiger partial charge on any atom is 0.354 e. The second-order valence-electron chi connectivity index (χ2n) is 4.55. The highest BCUT2D eigenvalue weighted by Gasteiger charge is 2.20. The molecule has 0 saturated heterocycles. The predicted molar refractivity (Wildman–Crippen MR) is 83.1 cm³/mol. The third-order valence-electron chi connectivity index (χ3n) is 3.04. The fourth-order valence-corrected chi connectivity index (χ4v) is 2.53. The third-order valence-corrected chi connectivity index (χ3v) is 3.77. The van der Waals surface area contributed by atoms with Gasteiger partial charge in [-0.1, -0.05) is 29.8 Å². The Bertz CT molecular complexity index is 659. The highest BCUT2D eigenvalue weighted by molar-refractivity contribution is 7.98. The minimum atomic E-state index is -0.448. The van der Waals surface area contributed by atoms with Gasteiger partial charge in [-0.25, -0.2) is 4.79 Å². The number of rotatable bonds is 5. The summed E-state index contributed by atoms with van der Waals surface area (Å²) >= 11 is 1.39. The zero-order valence-electron chi connectivity index (χ0n) is 12.2. The number of esters is 1. The molecule has 0 aliphatic carbocycles. The summed E-state index contributed by atoms with van der Waals surface area (Å²) in [6, 6.07) is 8.93. The average molecular weight is 303 g/mol. The lowest BCUT2D eigenvalue weighted by Crippen LogP contribution is -2.04. The summed E-state index contributed by atoms with van der Waals surface area (Å²) in [5.41, 5.74) is 2.49. The lowest BCUT2D eigenvalue weighted by Gasteiger charge is -2.01. The molecule has 0 bridgehead atoms. The van der Waals surface area contributed by atoms with E-state index in [1.165, 1.54) is 11.8 Å². The van der Waals surface area contributed by atoms with Crippen LogP contribution in [0, 0.1) is 6.92 Å². The van der Waals surface area contributed by atoms with Gasteiger partial charge in [0.15, 0.2) is 5.78 Å². The number of thioether (sulfide) groups is 1. The van der Waals surface area contributed by atoms with E-state index in [0.29, 0.717) is 28.5 Å². The molecular formula is C16H17NO3S. The molecule has 5 heteroatoms. The number of hydrogen-bond acceptors (Lipinski definition) is 4. The number of ketones is 1. The van der Waals surface area contributed by atoms with Crippen LogP contribution in [0.4, 0.5) is 0 Å². The van der Waals surface area contributed by atoms with Gasteiger partial charge in [-0.3, -0.25) is 4.79 Å². The van der Waals surface area contributed by atoms with Crippen LogP contribution in [-0.2, 0) is 4.74 Å². The topological polar surface area (TPSA) is 59.2 Å². The van der Waals surface area contributed by atoms with Crippen LogP contribution in [0.5, 0.6) is 0 Å². The summed E-state index contributed by atoms with van der Waals surface area (Å²) in [4.78, 5) is 27.2. The summed E-state index contributed by atoms with van der Waals surface area (Å²) < 4.78 is 4.95. The van der Waals surface area contributed by atoms with Crippen molar-refractivity contribution in [2.24, 2.45) is 0 Å². The first-order chi connectivity index (χ1) is 10.1. The summed E-state index contributed by atoms with van der Waals surface area (Å²) in [6.45, 7) is 4.01. The van der Waals surface area contributed by atoms with Gasteiger partial charge in [-0.2, -0.15) is 0 Å². The quantitative estimate of drug-likeness (QED) is 0.522. The molecule has 0 unspecified atom stereocenters. The third kappa shape index (κ3) is 3.36. The highest BCUT2D eigenvalue weighted by atomic mass is 32.2. The van der Waals surface area contributed by atoms with Gasteiger partial charge < -0.3 is 9.72 Å². The number of aromatic nitrogens is 1. The monoisotopic (exact) mass is 303 g/mol. The number of aromatic amines is 1. The normalized spacial score (nSPS) is 10.4. The van der Waals surface area contributed by atoms with Crippen LogP contribution in [0.25, 0.3) is 0 Å². The van der Waals surface area contributed by atoms with Crippen molar-refractivity contribution < 1.29 is 14.3 Å². The van der Waals surface area contributed by atoms with Crippen molar-refractivity contribution in [3.8, 4) is 0 Å². The molecular weight excluding hydrogens is 286 g/mol. The molecule has 1 N–H and O–H groups in total. The van der Waals surface area contributed by atoms with Crippen molar-refractivity contribution in [3.63, 3.8) is 0 Å². The number of carbonyl (C=O) groups excluding carboxylic acids is 2. The number of aryl methyl sites for hydroxylation is 1. The number of hydrogen-bond donors (Lipinski definition) is 1. The molecule has 0 radical (unpaired) electrons. The molecule has 0 spiro atoms. The molecule has 110 valence electrons. The van der Waals surface area contributed by atoms with Crippen LogP contribution < -0.4 is 0 Å². The second kappa shape index (κ2) is 6.63. The first-order valence-corrected chi connectivity index (χ1v) is 7.84. The minimum Gasteiger partial charge on any atom is -0.461 e. The molecule has 2 rings (SSSR count). The van der Waals surface area contributed by atoms with E-state index >= 15 is 0 Å². The molecule has 1 heterocycles. The Kier molecular flexibility index (Phi) is 4.85. The smallest absolute Gasteiger partial charge is 0.354 e. The van der Waals surface area contributed by atoms with Crippen LogP contribution in [-0.4, -0.2) is 29.6 Å². The number of carbonyl (C=O) groups is 2. The molecule has 0 aliphatic rings. The van der Waals surface area contributed by atoms with Gasteiger partial charge in [0.1, 0.15) is 5.69 Å². The fraction of sp³-hybridized carbons (Fsp3) is 0.250. The molecule has 0 aliphatic heterocycles. The van der Waals surface area contributed by atoms with Crippen LogP contribution in [0.2, 0.25) is 0 Å². The van der Waals surface area contributed by atoms with Crippen molar-refractivity contribution in [1.29, 1.82) is 0 Å². The number of H-pyrrole nitrogens is 1. The summed E-state index contributed by atoms with van der Waals surface area (Å²) in [7, 11) is 0. The van der Waals surface area contributed by atoms with Crippen molar-refractivity contribution in [2.75, 3.05) is 12.9 Å². The van der Waals surface area contributed by atoms with E-state index in [-0.39, 0.29) is 5.78 Å². The Labute approximate surface area is 127 Å². The predicted octanol–water partition coefficient (Wildman–Crippen LogP) is 3.45. The molecule has 2 aromatic rings. The molecule has 1 aromatic heterocycles. The zero-order valence-corrected chi connectivity index (χ0v) is 13.0. The zero-order chi connectivity index (χ0) is 15.4. The van der Waals surface area contributed by atoms with Crippen molar-refractivity contribution in [1.82, 2.24) is 4.98 Å². The highest BCUT2D eigenvalue weighted by Crippen LogP contribution is 2.24. The lowest BCUT2D eigenvalue weighted by molar-refractivity contribution is 0.0519. The SMILES string of the molecule is CCOC(=O)c1cc(C(=O)c2ccc(C)cc2)c(SC)[nH]1. The Morgan fingerprint density at radius 3 is 2.48 bits per heavy atom. The molecule has 0 atom stereocenters. The Morgan fingerprint density at radius 2 is 1.90 bits per heavy atom. The van der Waals surface area contributed by atoms with E-state index in [1.807, 2.05) is 25.3 Å². The van der Waals surface area contributed by atoms with Crippen LogP contribution in [0.3, 0.4) is 0 Å². The molecule has 0 fully saturated rings. The first-order valence-electron chi connectivity index (χ1n) is 6.62. The fourth-order valence-electron chi connectivity index (χ4n) is 1.94. The Hall–Kier alpha value is -2.01. The first kappa shape index (κ1) is 15.4. The van der Waals surface area contributed by atoms with Crippen molar-refractivity contribution in [3.05, 3.63) is 52.7 Å². The number of benzene rings is 1. The van der Waals surface area contributed by atoms with Gasteiger partial charge >= 0.3 is 5.97 Å². The van der Waals surface area contributed by atoms with Gasteiger partial charge in [0.05, 0.1) is 17.2 Å². The van der Waals surface area contributed by atoms with Gasteiger partial charge in [-0.05, 0) is 26.2 Å². The Morgan fingerprint density at radius 1 is 1.24 bits per heavy atom. The maximum atomic E-state index is 12.5. The van der Waals surface area contributed by atoms with E-state index in [0.717, 1.165) is 5.56 Å². The average Bonchev–Trinajstić information content (AvgIpc) is 2.92. The van der Waals surface area contributed by atoms with E-state index in [2.05, 4.69) is 4.98 Å². The largest absolute Gasteiger partial charge is 0.461 e. The van der Waals surface area contributed by atoms with E-state index in [1.54, 1.807) is 25.1 Å². The van der Waals surface area contributed by atoms with Gasteiger partial charge in [0, 0.05) is 5.56 Å². The minimum absolute atomic E-state index is 0.105. The summed E-state index contributed by atoms with van der Waals surface area (Å²) in [5, 5.41) is 0.670. The van der Waals surface area contributed by atoms with Crippen molar-refractivity contribution >= 4 is 23.5 Å². The van der Waals surface area contributed by atoms with Crippen LogP contribution >= 0.6 is 11.8 Å². The van der Waals surface area contributed by atoms with Gasteiger partial charge in [-0.15, -0.1) is 11.8 Å². The molecule has 0 amide bonds. The number of nitrogens with one attached hydrogen (secondary N) is 1. The molecule has 1 aromatic carbocycles.